The molecule has 0 aliphatic heterocycles. The first-order valence-electron chi connectivity index (χ1n) is 7.57. The fourth-order valence-corrected chi connectivity index (χ4v) is 2.78. The summed E-state index contributed by atoms with van der Waals surface area (Å²) < 4.78 is 1.38. The van der Waals surface area contributed by atoms with Gasteiger partial charge in [-0.3, -0.25) is 14.9 Å². The van der Waals surface area contributed by atoms with Gasteiger partial charge in [0.15, 0.2) is 0 Å². The number of nitrogens with one attached hydrogen (secondary N) is 1. The second kappa shape index (κ2) is 4.76. The van der Waals surface area contributed by atoms with E-state index >= 15 is 0 Å². The Morgan fingerprint density at radius 2 is 2.09 bits per heavy atom. The molecule has 1 fully saturated rings. The number of aromatic amines is 1. The molecular weight excluding hydrogens is 278 g/mol. The van der Waals surface area contributed by atoms with E-state index in [4.69, 9.17) is 0 Å². The molecule has 0 spiro atoms. The fraction of sp³-hybridized carbons (Fsp3) is 0.375. The number of fused-ring (bicyclic) bond motifs is 1. The zero-order valence-corrected chi connectivity index (χ0v) is 12.6. The third kappa shape index (κ3) is 2.03. The quantitative estimate of drug-likeness (QED) is 0.805. The van der Waals surface area contributed by atoms with Gasteiger partial charge in [-0.05, 0) is 30.9 Å². The largest absolute Gasteiger partial charge is 0.278 e. The summed E-state index contributed by atoms with van der Waals surface area (Å²) in [4.78, 5) is 25.8. The van der Waals surface area contributed by atoms with Crippen molar-refractivity contribution in [3.05, 3.63) is 46.3 Å². The lowest BCUT2D eigenvalue weighted by atomic mass is 9.99. The summed E-state index contributed by atoms with van der Waals surface area (Å²) >= 11 is 0. The molecule has 6 heteroatoms. The minimum Gasteiger partial charge on any atom is -0.278 e. The van der Waals surface area contributed by atoms with Crippen molar-refractivity contribution in [3.8, 4) is 11.3 Å². The van der Waals surface area contributed by atoms with Gasteiger partial charge in [-0.15, -0.1) is 0 Å². The maximum atomic E-state index is 12.6. The maximum Gasteiger partial charge on any atom is 0.278 e. The Balaban J connectivity index is 1.92. The van der Waals surface area contributed by atoms with Crippen LogP contribution in [0, 0.1) is 0 Å². The highest BCUT2D eigenvalue weighted by Crippen LogP contribution is 2.39. The molecule has 0 aromatic carbocycles. The molecule has 4 rings (SSSR count). The molecule has 0 amide bonds. The summed E-state index contributed by atoms with van der Waals surface area (Å²) in [6.45, 7) is 3.99. The topological polar surface area (TPSA) is 75.9 Å². The standard InChI is InChI=1S/C16H17N5O/c1-9(2)13-14(20-16-18-8-19-21(16)15(13)22)11-5-6-12(17-7-11)10-3-4-10/h5-10H,3-4H2,1-2H3,(H,18,19,20). The van der Waals surface area contributed by atoms with Gasteiger partial charge in [-0.2, -0.15) is 4.52 Å². The average molecular weight is 295 g/mol. The predicted molar refractivity (Wildman–Crippen MR) is 82.9 cm³/mol. The molecule has 22 heavy (non-hydrogen) atoms. The van der Waals surface area contributed by atoms with Crippen LogP contribution in [-0.4, -0.2) is 24.6 Å². The first kappa shape index (κ1) is 13.2. The van der Waals surface area contributed by atoms with Crippen molar-refractivity contribution in [2.45, 2.75) is 38.5 Å². The van der Waals surface area contributed by atoms with Gasteiger partial charge < -0.3 is 0 Å². The minimum atomic E-state index is -0.0984. The van der Waals surface area contributed by atoms with Gasteiger partial charge in [0, 0.05) is 28.9 Å². The van der Waals surface area contributed by atoms with Crippen LogP contribution in [0.1, 0.15) is 49.8 Å². The maximum absolute atomic E-state index is 12.6. The van der Waals surface area contributed by atoms with Crippen molar-refractivity contribution in [3.63, 3.8) is 0 Å². The summed E-state index contributed by atoms with van der Waals surface area (Å²) in [5, 5.41) is 2.81. The molecule has 0 unspecified atom stereocenters. The van der Waals surface area contributed by atoms with Crippen LogP contribution in [0.2, 0.25) is 0 Å². The second-order valence-electron chi connectivity index (χ2n) is 6.10. The van der Waals surface area contributed by atoms with Gasteiger partial charge in [0.1, 0.15) is 6.33 Å². The van der Waals surface area contributed by atoms with E-state index < -0.39 is 0 Å². The molecular formula is C16H17N5O. The smallest absolute Gasteiger partial charge is 0.278 e. The van der Waals surface area contributed by atoms with Crippen molar-refractivity contribution >= 4 is 5.78 Å². The van der Waals surface area contributed by atoms with Crippen LogP contribution in [0.5, 0.6) is 0 Å². The second-order valence-corrected chi connectivity index (χ2v) is 6.10. The normalized spacial score (nSPS) is 14.9. The Bertz CT molecular complexity index is 887. The summed E-state index contributed by atoms with van der Waals surface area (Å²) in [6, 6.07) is 4.06. The Morgan fingerprint density at radius 1 is 1.27 bits per heavy atom. The van der Waals surface area contributed by atoms with Gasteiger partial charge in [0.25, 0.3) is 11.3 Å². The third-order valence-electron chi connectivity index (χ3n) is 4.10. The molecule has 3 heterocycles. The highest BCUT2D eigenvalue weighted by molar-refractivity contribution is 5.64. The van der Waals surface area contributed by atoms with Gasteiger partial charge in [-0.1, -0.05) is 13.8 Å². The molecule has 0 saturated heterocycles. The Labute approximate surface area is 127 Å². The first-order chi connectivity index (χ1) is 10.6. The summed E-state index contributed by atoms with van der Waals surface area (Å²) in [6.07, 6.45) is 5.75. The van der Waals surface area contributed by atoms with E-state index in [0.717, 1.165) is 11.3 Å². The number of H-pyrrole nitrogens is 1. The Hall–Kier alpha value is -2.50. The third-order valence-corrected chi connectivity index (χ3v) is 4.10. The monoisotopic (exact) mass is 295 g/mol. The fourth-order valence-electron chi connectivity index (χ4n) is 2.78. The van der Waals surface area contributed by atoms with Crippen molar-refractivity contribution in [2.24, 2.45) is 0 Å². The number of aromatic nitrogens is 5. The molecule has 1 aliphatic carbocycles. The SMILES string of the molecule is CC(C)c1c(-c2ccc(C3CC3)nc2)nc2nc[nH]n2c1=O. The molecule has 1 saturated carbocycles. The first-order valence-corrected chi connectivity index (χ1v) is 7.57. The van der Waals surface area contributed by atoms with Gasteiger partial charge in [0.05, 0.1) is 5.69 Å². The number of nitrogens with zero attached hydrogens (tertiary/aromatic N) is 4. The van der Waals surface area contributed by atoms with Crippen LogP contribution < -0.4 is 5.56 Å². The lowest BCUT2D eigenvalue weighted by Crippen LogP contribution is -2.22. The molecule has 6 nitrogen and oxygen atoms in total. The van der Waals surface area contributed by atoms with Gasteiger partial charge >= 0.3 is 0 Å². The van der Waals surface area contributed by atoms with Gasteiger partial charge in [-0.25, -0.2) is 9.97 Å². The van der Waals surface area contributed by atoms with Crippen LogP contribution in [0.15, 0.2) is 29.5 Å². The average Bonchev–Trinajstić information content (AvgIpc) is 3.25. The summed E-state index contributed by atoms with van der Waals surface area (Å²) in [7, 11) is 0. The molecule has 112 valence electrons. The lowest BCUT2D eigenvalue weighted by molar-refractivity contribution is 0.796. The van der Waals surface area contributed by atoms with Crippen molar-refractivity contribution in [2.75, 3.05) is 0 Å². The van der Waals surface area contributed by atoms with E-state index in [2.05, 4.69) is 20.1 Å². The van der Waals surface area contributed by atoms with E-state index in [0.29, 0.717) is 23.0 Å². The van der Waals surface area contributed by atoms with E-state index in [1.54, 1.807) is 0 Å². The molecule has 1 N–H and O–H groups in total. The minimum absolute atomic E-state index is 0.0679. The number of hydrogen-bond acceptors (Lipinski definition) is 4. The molecule has 0 bridgehead atoms. The van der Waals surface area contributed by atoms with Crippen molar-refractivity contribution in [1.29, 1.82) is 0 Å². The lowest BCUT2D eigenvalue weighted by Gasteiger charge is -2.11. The van der Waals surface area contributed by atoms with E-state index in [9.17, 15) is 4.79 Å². The van der Waals surface area contributed by atoms with Gasteiger partial charge in [0.2, 0.25) is 0 Å². The van der Waals surface area contributed by atoms with Crippen LogP contribution in [-0.2, 0) is 0 Å². The number of pyridine rings is 1. The molecule has 0 atom stereocenters. The van der Waals surface area contributed by atoms with Crippen LogP contribution in [0.3, 0.4) is 0 Å². The molecule has 3 aromatic rings. The van der Waals surface area contributed by atoms with Crippen molar-refractivity contribution in [1.82, 2.24) is 24.6 Å². The molecule has 1 aliphatic rings. The zero-order chi connectivity index (χ0) is 15.3. The van der Waals surface area contributed by atoms with Crippen LogP contribution in [0.4, 0.5) is 0 Å². The van der Waals surface area contributed by atoms with Crippen molar-refractivity contribution < 1.29 is 0 Å². The van der Waals surface area contributed by atoms with E-state index in [1.807, 2.05) is 32.2 Å². The van der Waals surface area contributed by atoms with E-state index in [-0.39, 0.29) is 11.5 Å². The highest BCUT2D eigenvalue weighted by atomic mass is 16.1. The number of rotatable bonds is 3. The van der Waals surface area contributed by atoms with Crippen LogP contribution >= 0.6 is 0 Å². The predicted octanol–water partition coefficient (Wildman–Crippen LogP) is 2.48. The Morgan fingerprint density at radius 3 is 2.73 bits per heavy atom. The number of hydrogen-bond donors (Lipinski definition) is 1. The summed E-state index contributed by atoms with van der Waals surface area (Å²) in [5.41, 5.74) is 3.27. The van der Waals surface area contributed by atoms with E-state index in [1.165, 1.54) is 23.7 Å². The summed E-state index contributed by atoms with van der Waals surface area (Å²) in [5.74, 6) is 1.07. The van der Waals surface area contributed by atoms with Crippen LogP contribution in [0.25, 0.3) is 17.0 Å². The highest BCUT2D eigenvalue weighted by Gasteiger charge is 2.25. The molecule has 3 aromatic heterocycles. The molecule has 0 radical (unpaired) electrons. The Kier molecular flexibility index (Phi) is 2.85. The zero-order valence-electron chi connectivity index (χ0n) is 12.6.